The third-order valence-corrected chi connectivity index (χ3v) is 2.69. The van der Waals surface area contributed by atoms with E-state index in [0.717, 1.165) is 12.0 Å². The zero-order chi connectivity index (χ0) is 12.0. The van der Waals surface area contributed by atoms with E-state index >= 15 is 0 Å². The highest BCUT2D eigenvalue weighted by molar-refractivity contribution is 5.26. The van der Waals surface area contributed by atoms with Gasteiger partial charge in [0.1, 0.15) is 5.75 Å². The minimum atomic E-state index is -0.223. The Morgan fingerprint density at radius 3 is 2.38 bits per heavy atom. The molecule has 0 heterocycles. The average Bonchev–Trinajstić information content (AvgIpc) is 2.32. The quantitative estimate of drug-likeness (QED) is 0.661. The molecule has 0 fully saturated rings. The van der Waals surface area contributed by atoms with Crippen LogP contribution < -0.4 is 5.32 Å². The van der Waals surface area contributed by atoms with E-state index < -0.39 is 0 Å². The molecular weight excluding hydrogens is 206 g/mol. The largest absolute Gasteiger partial charge is 0.508 e. The van der Waals surface area contributed by atoms with Crippen LogP contribution in [-0.2, 0) is 11.2 Å². The van der Waals surface area contributed by atoms with Gasteiger partial charge < -0.3 is 20.3 Å². The number of aliphatic hydroxyl groups excluding tert-OH is 1. The fourth-order valence-electron chi connectivity index (χ4n) is 1.67. The molecule has 0 aliphatic heterocycles. The highest BCUT2D eigenvalue weighted by Gasteiger charge is 2.18. The highest BCUT2D eigenvalue weighted by atomic mass is 16.5. The number of hydrogen-bond acceptors (Lipinski definition) is 4. The number of ether oxygens (including phenoxy) is 1. The van der Waals surface area contributed by atoms with Crippen molar-refractivity contribution >= 4 is 0 Å². The van der Waals surface area contributed by atoms with Gasteiger partial charge in [-0.1, -0.05) is 12.1 Å². The molecule has 4 heteroatoms. The molecule has 4 nitrogen and oxygen atoms in total. The van der Waals surface area contributed by atoms with Gasteiger partial charge in [-0.05, 0) is 31.2 Å². The molecule has 0 bridgehead atoms. The summed E-state index contributed by atoms with van der Waals surface area (Å²) in [4.78, 5) is 0. The molecule has 1 aromatic carbocycles. The molecule has 1 rings (SSSR count). The van der Waals surface area contributed by atoms with Gasteiger partial charge in [-0.2, -0.15) is 0 Å². The normalized spacial score (nSPS) is 14.7. The van der Waals surface area contributed by atoms with E-state index in [9.17, 15) is 0 Å². The second kappa shape index (κ2) is 6.48. The van der Waals surface area contributed by atoms with Crippen LogP contribution in [0.25, 0.3) is 0 Å². The number of phenolic OH excluding ortho intramolecular Hbond substituents is 1. The van der Waals surface area contributed by atoms with Gasteiger partial charge in [0.2, 0.25) is 0 Å². The first-order valence-corrected chi connectivity index (χ1v) is 5.30. The molecule has 1 aromatic rings. The zero-order valence-electron chi connectivity index (χ0n) is 9.68. The lowest BCUT2D eigenvalue weighted by Gasteiger charge is -2.24. The number of nitrogens with one attached hydrogen (secondary N) is 1. The van der Waals surface area contributed by atoms with Crippen LogP contribution in [0.4, 0.5) is 0 Å². The minimum absolute atomic E-state index is 0.0138. The Labute approximate surface area is 95.9 Å². The number of phenols is 1. The topological polar surface area (TPSA) is 61.7 Å². The van der Waals surface area contributed by atoms with Gasteiger partial charge in [-0.3, -0.25) is 0 Å². The number of methoxy groups -OCH3 is 1. The van der Waals surface area contributed by atoms with Crippen LogP contribution >= 0.6 is 0 Å². The maximum atomic E-state index is 9.17. The van der Waals surface area contributed by atoms with Gasteiger partial charge in [-0.25, -0.2) is 0 Å². The summed E-state index contributed by atoms with van der Waals surface area (Å²) >= 11 is 0. The minimum Gasteiger partial charge on any atom is -0.508 e. The maximum absolute atomic E-state index is 9.17. The molecule has 2 atom stereocenters. The van der Waals surface area contributed by atoms with Crippen molar-refractivity contribution in [3.63, 3.8) is 0 Å². The predicted octanol–water partition coefficient (Wildman–Crippen LogP) is 0.530. The van der Waals surface area contributed by atoms with Gasteiger partial charge in [0, 0.05) is 13.2 Å². The Morgan fingerprint density at radius 1 is 1.31 bits per heavy atom. The van der Waals surface area contributed by atoms with Crippen molar-refractivity contribution in [2.75, 3.05) is 20.8 Å². The molecule has 0 saturated carbocycles. The Bertz CT molecular complexity index is 296. The summed E-state index contributed by atoms with van der Waals surface area (Å²) in [5, 5.41) is 21.4. The van der Waals surface area contributed by atoms with E-state index in [0.29, 0.717) is 0 Å². The van der Waals surface area contributed by atoms with Crippen LogP contribution in [-0.4, -0.2) is 43.1 Å². The summed E-state index contributed by atoms with van der Waals surface area (Å²) in [6.07, 6.45) is 0.523. The number of hydrogen-bond donors (Lipinski definition) is 3. The lowest BCUT2D eigenvalue weighted by atomic mass is 10.0. The van der Waals surface area contributed by atoms with Gasteiger partial charge in [0.25, 0.3) is 0 Å². The van der Waals surface area contributed by atoms with Gasteiger partial charge >= 0.3 is 0 Å². The van der Waals surface area contributed by atoms with Crippen LogP contribution in [0.5, 0.6) is 5.75 Å². The molecule has 0 aliphatic rings. The van der Waals surface area contributed by atoms with Crippen molar-refractivity contribution in [1.82, 2.24) is 5.32 Å². The zero-order valence-corrected chi connectivity index (χ0v) is 9.68. The lowest BCUT2D eigenvalue weighted by Crippen LogP contribution is -2.42. The molecule has 2 unspecified atom stereocenters. The molecule has 3 N–H and O–H groups in total. The summed E-state index contributed by atoms with van der Waals surface area (Å²) in [7, 11) is 3.43. The molecule has 0 aliphatic carbocycles. The Morgan fingerprint density at radius 2 is 1.94 bits per heavy atom. The summed E-state index contributed by atoms with van der Waals surface area (Å²) in [6.45, 7) is -0.0138. The van der Waals surface area contributed by atoms with Crippen LogP contribution in [0.3, 0.4) is 0 Å². The van der Waals surface area contributed by atoms with Gasteiger partial charge in [0.15, 0.2) is 0 Å². The van der Waals surface area contributed by atoms with Crippen LogP contribution in [0.1, 0.15) is 5.56 Å². The molecule has 0 saturated heterocycles. The monoisotopic (exact) mass is 225 g/mol. The number of likely N-dealkylation sites (N-methyl/N-ethyl adjacent to an activating group) is 1. The number of benzene rings is 1. The van der Waals surface area contributed by atoms with Crippen molar-refractivity contribution in [3.8, 4) is 5.75 Å². The standard InChI is InChI=1S/C12H19NO3/c1-13-11(12(8-14)16-2)7-9-3-5-10(15)6-4-9/h3-6,11-15H,7-8H2,1-2H3. The smallest absolute Gasteiger partial charge is 0.115 e. The molecule has 16 heavy (non-hydrogen) atoms. The molecular formula is C12H19NO3. The summed E-state index contributed by atoms with van der Waals surface area (Å²) in [5.74, 6) is 0.259. The third-order valence-electron chi connectivity index (χ3n) is 2.69. The van der Waals surface area contributed by atoms with Crippen molar-refractivity contribution in [2.45, 2.75) is 18.6 Å². The molecule has 90 valence electrons. The van der Waals surface area contributed by atoms with Crippen molar-refractivity contribution in [1.29, 1.82) is 0 Å². The maximum Gasteiger partial charge on any atom is 0.115 e. The van der Waals surface area contributed by atoms with Crippen LogP contribution in [0, 0.1) is 0 Å². The molecule has 0 aromatic heterocycles. The lowest BCUT2D eigenvalue weighted by molar-refractivity contribution is 0.0238. The van der Waals surface area contributed by atoms with Crippen LogP contribution in [0.2, 0.25) is 0 Å². The van der Waals surface area contributed by atoms with E-state index in [1.807, 2.05) is 19.2 Å². The van der Waals surface area contributed by atoms with E-state index in [1.54, 1.807) is 19.2 Å². The van der Waals surface area contributed by atoms with Gasteiger partial charge in [-0.15, -0.1) is 0 Å². The summed E-state index contributed by atoms with van der Waals surface area (Å²) < 4.78 is 5.19. The first kappa shape index (κ1) is 13.0. The highest BCUT2D eigenvalue weighted by Crippen LogP contribution is 2.13. The fourth-order valence-corrected chi connectivity index (χ4v) is 1.67. The van der Waals surface area contributed by atoms with E-state index in [1.165, 1.54) is 0 Å². The van der Waals surface area contributed by atoms with Crippen molar-refractivity contribution in [3.05, 3.63) is 29.8 Å². The Balaban J connectivity index is 2.65. The Hall–Kier alpha value is -1.10. The number of rotatable bonds is 6. The Kier molecular flexibility index (Phi) is 5.25. The number of aliphatic hydroxyl groups is 1. The summed E-state index contributed by atoms with van der Waals surface area (Å²) in [5.41, 5.74) is 1.09. The predicted molar refractivity (Wildman–Crippen MR) is 62.5 cm³/mol. The third kappa shape index (κ3) is 3.48. The number of aromatic hydroxyl groups is 1. The van der Waals surface area contributed by atoms with E-state index in [2.05, 4.69) is 5.32 Å². The van der Waals surface area contributed by atoms with E-state index in [-0.39, 0.29) is 24.5 Å². The first-order chi connectivity index (χ1) is 7.71. The molecule has 0 spiro atoms. The SMILES string of the molecule is CNC(Cc1ccc(O)cc1)C(CO)OC. The second-order valence-corrected chi connectivity index (χ2v) is 3.72. The van der Waals surface area contributed by atoms with E-state index in [4.69, 9.17) is 14.9 Å². The summed E-state index contributed by atoms with van der Waals surface area (Å²) in [6, 6.07) is 7.10. The second-order valence-electron chi connectivity index (χ2n) is 3.72. The fraction of sp³-hybridized carbons (Fsp3) is 0.500. The van der Waals surface area contributed by atoms with Gasteiger partial charge in [0.05, 0.1) is 12.7 Å². The first-order valence-electron chi connectivity index (χ1n) is 5.30. The van der Waals surface area contributed by atoms with Crippen molar-refractivity contribution < 1.29 is 14.9 Å². The average molecular weight is 225 g/mol. The molecule has 0 amide bonds. The van der Waals surface area contributed by atoms with Crippen LogP contribution in [0.15, 0.2) is 24.3 Å². The van der Waals surface area contributed by atoms with Crippen molar-refractivity contribution in [2.24, 2.45) is 0 Å². The molecule has 0 radical (unpaired) electrons.